The number of aryl methyl sites for hydroxylation is 2. The van der Waals surface area contributed by atoms with Gasteiger partial charge in [-0.05, 0) is 56.7 Å². The highest BCUT2D eigenvalue weighted by Crippen LogP contribution is 2.45. The summed E-state index contributed by atoms with van der Waals surface area (Å²) in [5.41, 5.74) is 6.10. The van der Waals surface area contributed by atoms with Gasteiger partial charge in [-0.25, -0.2) is 0 Å². The molecule has 2 aliphatic rings. The lowest BCUT2D eigenvalue weighted by Crippen LogP contribution is -2.44. The summed E-state index contributed by atoms with van der Waals surface area (Å²) >= 11 is 0. The number of carbonyl (C=O) groups excluding carboxylic acids is 2. The van der Waals surface area contributed by atoms with E-state index < -0.39 is 29.3 Å². The number of hydrogen-bond donors (Lipinski definition) is 1. The maximum atomic E-state index is 13.4. The highest BCUT2D eigenvalue weighted by atomic mass is 19.4. The van der Waals surface area contributed by atoms with Crippen molar-refractivity contribution in [2.24, 2.45) is 18.2 Å². The van der Waals surface area contributed by atoms with Crippen LogP contribution in [-0.2, 0) is 18.0 Å². The number of halogens is 3. The second-order valence-electron chi connectivity index (χ2n) is 9.55. The van der Waals surface area contributed by atoms with Gasteiger partial charge in [-0.1, -0.05) is 0 Å². The molecule has 2 amide bonds. The molecule has 0 aliphatic carbocycles. The highest BCUT2D eigenvalue weighted by Gasteiger charge is 2.50. The van der Waals surface area contributed by atoms with Gasteiger partial charge >= 0.3 is 6.18 Å². The van der Waals surface area contributed by atoms with E-state index in [2.05, 4.69) is 5.10 Å². The van der Waals surface area contributed by atoms with Crippen molar-refractivity contribution in [1.82, 2.24) is 14.7 Å². The lowest BCUT2D eigenvalue weighted by atomic mass is 9.76. The number of nitrogens with two attached hydrogens (primary N) is 1. The minimum absolute atomic E-state index is 0.280. The zero-order valence-corrected chi connectivity index (χ0v) is 19.8. The summed E-state index contributed by atoms with van der Waals surface area (Å²) < 4.78 is 41.8. The van der Waals surface area contributed by atoms with E-state index in [1.54, 1.807) is 36.5 Å². The molecule has 1 aromatic heterocycles. The zero-order valence-electron chi connectivity index (χ0n) is 19.8. The minimum Gasteiger partial charge on any atom is -0.371 e. The number of primary amides is 1. The zero-order chi connectivity index (χ0) is 25.7. The number of benzene rings is 1. The van der Waals surface area contributed by atoms with Crippen molar-refractivity contribution < 1.29 is 22.8 Å². The van der Waals surface area contributed by atoms with E-state index in [9.17, 15) is 22.8 Å². The van der Waals surface area contributed by atoms with Crippen LogP contribution in [0.3, 0.4) is 0 Å². The lowest BCUT2D eigenvalue weighted by Gasteiger charge is -2.40. The molecule has 2 fully saturated rings. The average Bonchev–Trinajstić information content (AvgIpc) is 3.29. The molecule has 2 aliphatic heterocycles. The van der Waals surface area contributed by atoms with Gasteiger partial charge in [0.05, 0.1) is 28.5 Å². The number of piperidine rings is 1. The highest BCUT2D eigenvalue weighted by molar-refractivity contribution is 5.99. The lowest BCUT2D eigenvalue weighted by molar-refractivity contribution is -0.137. The van der Waals surface area contributed by atoms with E-state index in [4.69, 9.17) is 11.0 Å². The predicted octanol–water partition coefficient (Wildman–Crippen LogP) is 2.91. The fourth-order valence-electron chi connectivity index (χ4n) is 5.41. The van der Waals surface area contributed by atoms with Crippen LogP contribution in [0.25, 0.3) is 0 Å². The Balaban J connectivity index is 1.55. The molecule has 1 aromatic carbocycles. The number of amides is 2. The number of aromatic nitrogens is 2. The van der Waals surface area contributed by atoms with E-state index >= 15 is 0 Å². The molecule has 0 saturated carbocycles. The maximum Gasteiger partial charge on any atom is 0.417 e. The summed E-state index contributed by atoms with van der Waals surface area (Å²) in [6.07, 6.45) is -3.02. The third-order valence-corrected chi connectivity index (χ3v) is 7.44. The van der Waals surface area contributed by atoms with Crippen molar-refractivity contribution in [3.63, 3.8) is 0 Å². The molecule has 0 radical (unpaired) electrons. The van der Waals surface area contributed by atoms with Crippen LogP contribution in [0, 0.1) is 30.6 Å². The normalized spacial score (nSPS) is 19.7. The number of alkyl halides is 3. The number of nitrogens with zero attached hydrogens (tertiary/aromatic N) is 5. The molecule has 8 nitrogen and oxygen atoms in total. The summed E-state index contributed by atoms with van der Waals surface area (Å²) in [5, 5.41) is 13.3. The standard InChI is InChI=1S/C24H27F3N6O2/c1-14-20(15(2)31(3)30-14)22(35)33-13-23(11-19(33)21(29)34)6-8-32(9-7-23)17-5-4-16(12-28)18(10-17)24(25,26)27/h4-5,10,19H,6-9,11,13H2,1-3H3,(H2,29,34). The summed E-state index contributed by atoms with van der Waals surface area (Å²) in [4.78, 5) is 29.1. The molecule has 1 atom stereocenters. The summed E-state index contributed by atoms with van der Waals surface area (Å²) in [7, 11) is 1.75. The fraction of sp³-hybridized carbons (Fsp3) is 0.500. The van der Waals surface area contributed by atoms with Crippen LogP contribution >= 0.6 is 0 Å². The van der Waals surface area contributed by atoms with Crippen LogP contribution in [0.15, 0.2) is 18.2 Å². The number of hydrogen-bond acceptors (Lipinski definition) is 5. The molecule has 3 heterocycles. The maximum absolute atomic E-state index is 13.4. The molecule has 11 heteroatoms. The van der Waals surface area contributed by atoms with Gasteiger partial charge < -0.3 is 15.5 Å². The number of carbonyl (C=O) groups is 2. The molecule has 1 spiro atoms. The van der Waals surface area contributed by atoms with Crippen molar-refractivity contribution in [3.8, 4) is 6.07 Å². The summed E-state index contributed by atoms with van der Waals surface area (Å²) in [6, 6.07) is 4.58. The average molecular weight is 489 g/mol. The van der Waals surface area contributed by atoms with Crippen LogP contribution in [0.1, 0.15) is 52.1 Å². The van der Waals surface area contributed by atoms with Crippen molar-refractivity contribution in [1.29, 1.82) is 5.26 Å². The van der Waals surface area contributed by atoms with Crippen molar-refractivity contribution >= 4 is 17.5 Å². The molecule has 2 saturated heterocycles. The fourth-order valence-corrected chi connectivity index (χ4v) is 5.41. The SMILES string of the molecule is Cc1nn(C)c(C)c1C(=O)N1CC2(CCN(c3ccc(C#N)c(C(F)(F)F)c3)CC2)CC1C(N)=O. The van der Waals surface area contributed by atoms with Gasteiger partial charge in [-0.2, -0.15) is 23.5 Å². The first-order valence-electron chi connectivity index (χ1n) is 11.3. The first-order valence-corrected chi connectivity index (χ1v) is 11.3. The minimum atomic E-state index is -4.62. The van der Waals surface area contributed by atoms with Gasteiger partial charge in [0, 0.05) is 38.1 Å². The van der Waals surface area contributed by atoms with E-state index in [0.717, 1.165) is 6.07 Å². The molecule has 186 valence electrons. The largest absolute Gasteiger partial charge is 0.417 e. The smallest absolute Gasteiger partial charge is 0.371 e. The Morgan fingerprint density at radius 2 is 1.89 bits per heavy atom. The van der Waals surface area contributed by atoms with Gasteiger partial charge in [0.15, 0.2) is 0 Å². The number of anilines is 1. The van der Waals surface area contributed by atoms with E-state index in [1.807, 2.05) is 4.90 Å². The van der Waals surface area contributed by atoms with Gasteiger partial charge in [-0.3, -0.25) is 14.3 Å². The third kappa shape index (κ3) is 4.33. The van der Waals surface area contributed by atoms with Gasteiger partial charge in [0.2, 0.25) is 5.91 Å². The topological polar surface area (TPSA) is 108 Å². The van der Waals surface area contributed by atoms with E-state index in [0.29, 0.717) is 61.5 Å². The quantitative estimate of drug-likeness (QED) is 0.715. The molecule has 0 bridgehead atoms. The van der Waals surface area contributed by atoms with E-state index in [1.165, 1.54) is 12.1 Å². The monoisotopic (exact) mass is 488 g/mol. The Labute approximate surface area is 201 Å². The summed E-state index contributed by atoms with van der Waals surface area (Å²) in [5.74, 6) is -0.850. The molecule has 1 unspecified atom stereocenters. The van der Waals surface area contributed by atoms with Gasteiger partial charge in [0.25, 0.3) is 5.91 Å². The Morgan fingerprint density at radius 3 is 2.40 bits per heavy atom. The van der Waals surface area contributed by atoms with E-state index in [-0.39, 0.29) is 11.3 Å². The molecular formula is C24H27F3N6O2. The van der Waals surface area contributed by atoms with Crippen LogP contribution in [0.5, 0.6) is 0 Å². The number of nitriles is 1. The van der Waals surface area contributed by atoms with Gasteiger partial charge in [-0.15, -0.1) is 0 Å². The molecule has 2 aromatic rings. The summed E-state index contributed by atoms with van der Waals surface area (Å²) in [6.45, 7) is 4.81. The Morgan fingerprint density at radius 1 is 1.23 bits per heavy atom. The first-order chi connectivity index (χ1) is 16.4. The number of likely N-dealkylation sites (tertiary alicyclic amines) is 1. The van der Waals surface area contributed by atoms with Gasteiger partial charge in [0.1, 0.15) is 6.04 Å². The first kappa shape index (κ1) is 24.6. The van der Waals surface area contributed by atoms with Crippen molar-refractivity contribution in [3.05, 3.63) is 46.3 Å². The van der Waals surface area contributed by atoms with Crippen LogP contribution < -0.4 is 10.6 Å². The molecular weight excluding hydrogens is 461 g/mol. The molecule has 35 heavy (non-hydrogen) atoms. The second-order valence-corrected chi connectivity index (χ2v) is 9.55. The predicted molar refractivity (Wildman–Crippen MR) is 121 cm³/mol. The van der Waals surface area contributed by atoms with Crippen molar-refractivity contribution in [2.45, 2.75) is 45.3 Å². The van der Waals surface area contributed by atoms with Crippen LogP contribution in [0.4, 0.5) is 18.9 Å². The Kier molecular flexibility index (Phi) is 6.03. The van der Waals surface area contributed by atoms with Crippen molar-refractivity contribution in [2.75, 3.05) is 24.5 Å². The van der Waals surface area contributed by atoms with Crippen LogP contribution in [-0.4, -0.2) is 52.2 Å². The van der Waals surface area contributed by atoms with Crippen LogP contribution in [0.2, 0.25) is 0 Å². The number of rotatable bonds is 3. The second kappa shape index (κ2) is 8.59. The third-order valence-electron chi connectivity index (χ3n) is 7.44. The molecule has 2 N–H and O–H groups in total. The molecule has 4 rings (SSSR count). The Bertz CT molecular complexity index is 1220. The Hall–Kier alpha value is -3.55.